The van der Waals surface area contributed by atoms with Crippen molar-refractivity contribution in [1.82, 2.24) is 4.90 Å². The fourth-order valence-electron chi connectivity index (χ4n) is 4.19. The Hall–Kier alpha value is -3.05. The molecular formula is C26H29NO4. The predicted molar refractivity (Wildman–Crippen MR) is 123 cm³/mol. The molecule has 1 aromatic heterocycles. The summed E-state index contributed by atoms with van der Waals surface area (Å²) in [5.74, 6) is 0.715. The molecule has 2 atom stereocenters. The molecule has 162 valence electrons. The Kier molecular flexibility index (Phi) is 6.14. The lowest BCUT2D eigenvalue weighted by Gasteiger charge is -2.34. The molecule has 1 amide bonds. The molecule has 0 radical (unpaired) electrons. The van der Waals surface area contributed by atoms with Crippen molar-refractivity contribution < 1.29 is 18.7 Å². The van der Waals surface area contributed by atoms with Gasteiger partial charge in [-0.25, -0.2) is 0 Å². The number of morpholine rings is 1. The first-order valence-corrected chi connectivity index (χ1v) is 10.8. The number of nitrogens with zero attached hydrogens (tertiary/aromatic N) is 1. The van der Waals surface area contributed by atoms with Gasteiger partial charge in [-0.1, -0.05) is 30.3 Å². The Morgan fingerprint density at radius 3 is 2.55 bits per heavy atom. The number of furan rings is 1. The Morgan fingerprint density at radius 1 is 1.16 bits per heavy atom. The van der Waals surface area contributed by atoms with Crippen molar-refractivity contribution in [3.8, 4) is 16.9 Å². The Balaban J connectivity index is 1.73. The fourth-order valence-corrected chi connectivity index (χ4v) is 4.19. The number of ether oxygens (including phenoxy) is 2. The third-order valence-electron chi connectivity index (χ3n) is 5.56. The van der Waals surface area contributed by atoms with Gasteiger partial charge in [0.05, 0.1) is 25.1 Å². The van der Waals surface area contributed by atoms with Crippen LogP contribution in [0.4, 0.5) is 0 Å². The molecule has 0 N–H and O–H groups in total. The van der Waals surface area contributed by atoms with Gasteiger partial charge in [-0.05, 0) is 44.9 Å². The monoisotopic (exact) mass is 419 g/mol. The van der Waals surface area contributed by atoms with Crippen LogP contribution < -0.4 is 4.74 Å². The average Bonchev–Trinajstić information content (AvgIpc) is 3.16. The van der Waals surface area contributed by atoms with Crippen LogP contribution in [-0.2, 0) is 9.53 Å². The quantitative estimate of drug-likeness (QED) is 0.510. The second kappa shape index (κ2) is 8.98. The normalized spacial score (nSPS) is 19.6. The molecule has 0 saturated carbocycles. The molecule has 2 aromatic carbocycles. The highest BCUT2D eigenvalue weighted by Gasteiger charge is 2.25. The highest BCUT2D eigenvalue weighted by Crippen LogP contribution is 2.37. The van der Waals surface area contributed by atoms with E-state index in [-0.39, 0.29) is 18.1 Å². The van der Waals surface area contributed by atoms with E-state index < -0.39 is 0 Å². The zero-order chi connectivity index (χ0) is 22.0. The smallest absolute Gasteiger partial charge is 0.247 e. The zero-order valence-corrected chi connectivity index (χ0v) is 18.6. The molecule has 4 rings (SSSR count). The molecule has 1 aliphatic heterocycles. The van der Waals surface area contributed by atoms with Gasteiger partial charge in [-0.2, -0.15) is 0 Å². The molecule has 3 aromatic rings. The summed E-state index contributed by atoms with van der Waals surface area (Å²) in [5.41, 5.74) is 4.64. The lowest BCUT2D eigenvalue weighted by Crippen LogP contribution is -2.47. The van der Waals surface area contributed by atoms with Gasteiger partial charge in [0.15, 0.2) is 0 Å². The van der Waals surface area contributed by atoms with Crippen molar-refractivity contribution in [3.05, 3.63) is 60.4 Å². The van der Waals surface area contributed by atoms with Crippen LogP contribution in [0, 0.1) is 0 Å². The van der Waals surface area contributed by atoms with E-state index in [0.717, 1.165) is 33.2 Å². The molecule has 2 unspecified atom stereocenters. The molecule has 1 fully saturated rings. The molecule has 5 heteroatoms. The molecule has 5 nitrogen and oxygen atoms in total. The van der Waals surface area contributed by atoms with Gasteiger partial charge in [0.2, 0.25) is 5.91 Å². The van der Waals surface area contributed by atoms with E-state index in [2.05, 4.69) is 18.2 Å². The van der Waals surface area contributed by atoms with E-state index in [9.17, 15) is 4.79 Å². The zero-order valence-electron chi connectivity index (χ0n) is 18.6. The highest BCUT2D eigenvalue weighted by molar-refractivity contribution is 6.00. The van der Waals surface area contributed by atoms with Crippen molar-refractivity contribution in [1.29, 1.82) is 0 Å². The van der Waals surface area contributed by atoms with Gasteiger partial charge in [0, 0.05) is 41.7 Å². The molecule has 0 spiro atoms. The van der Waals surface area contributed by atoms with Crippen molar-refractivity contribution >= 4 is 22.4 Å². The summed E-state index contributed by atoms with van der Waals surface area (Å²) in [4.78, 5) is 14.8. The fraction of sp³-hybridized carbons (Fsp3) is 0.346. The van der Waals surface area contributed by atoms with Crippen LogP contribution >= 0.6 is 0 Å². The SMILES string of the molecule is CCOc1cc2occ(-c3ccccc3)c2cc1/C(C)=C/C(=O)N1CC(C)OC(C)C1. The van der Waals surface area contributed by atoms with Gasteiger partial charge in [-0.3, -0.25) is 4.79 Å². The lowest BCUT2D eigenvalue weighted by atomic mass is 9.99. The highest BCUT2D eigenvalue weighted by atomic mass is 16.5. The number of hydrogen-bond donors (Lipinski definition) is 0. The van der Waals surface area contributed by atoms with E-state index in [1.165, 1.54) is 0 Å². The molecule has 1 saturated heterocycles. The van der Waals surface area contributed by atoms with Crippen molar-refractivity contribution in [2.45, 2.75) is 39.9 Å². The van der Waals surface area contributed by atoms with Gasteiger partial charge >= 0.3 is 0 Å². The van der Waals surface area contributed by atoms with Gasteiger partial charge < -0.3 is 18.8 Å². The van der Waals surface area contributed by atoms with Crippen LogP contribution in [-0.4, -0.2) is 42.7 Å². The van der Waals surface area contributed by atoms with Gasteiger partial charge in [0.25, 0.3) is 0 Å². The number of amides is 1. The molecule has 0 aliphatic carbocycles. The van der Waals surface area contributed by atoms with Crippen LogP contribution in [0.1, 0.15) is 33.3 Å². The Bertz CT molecular complexity index is 1090. The summed E-state index contributed by atoms with van der Waals surface area (Å²) in [7, 11) is 0. The number of carbonyl (C=O) groups is 1. The van der Waals surface area contributed by atoms with Crippen LogP contribution in [0.5, 0.6) is 5.75 Å². The lowest BCUT2D eigenvalue weighted by molar-refractivity contribution is -0.137. The number of rotatable bonds is 5. The number of carbonyl (C=O) groups excluding carboxylic acids is 1. The Labute approximate surface area is 183 Å². The van der Waals surface area contributed by atoms with Crippen LogP contribution in [0.25, 0.3) is 27.7 Å². The molecule has 0 bridgehead atoms. The standard InChI is InChI=1S/C26H29NO4/c1-5-29-24-13-25-22(23(16-30-25)20-9-7-6-8-10-20)12-21(24)17(2)11-26(28)27-14-18(3)31-19(4)15-27/h6-13,16,18-19H,5,14-15H2,1-4H3/b17-11+. The Morgan fingerprint density at radius 2 is 1.87 bits per heavy atom. The van der Waals surface area contributed by atoms with E-state index in [0.29, 0.717) is 25.4 Å². The molecule has 1 aliphatic rings. The second-order valence-electron chi connectivity index (χ2n) is 8.12. The molecular weight excluding hydrogens is 390 g/mol. The maximum atomic E-state index is 13.0. The van der Waals surface area contributed by atoms with E-state index in [1.54, 1.807) is 12.3 Å². The minimum absolute atomic E-state index is 0.00229. The topological polar surface area (TPSA) is 51.9 Å². The maximum Gasteiger partial charge on any atom is 0.247 e. The average molecular weight is 420 g/mol. The number of benzene rings is 2. The summed E-state index contributed by atoms with van der Waals surface area (Å²) in [6, 6.07) is 14.1. The van der Waals surface area contributed by atoms with Crippen molar-refractivity contribution in [2.24, 2.45) is 0 Å². The summed E-state index contributed by atoms with van der Waals surface area (Å²) < 4.78 is 17.5. The van der Waals surface area contributed by atoms with E-state index in [4.69, 9.17) is 13.9 Å². The first kappa shape index (κ1) is 21.2. The summed E-state index contributed by atoms with van der Waals surface area (Å²) >= 11 is 0. The van der Waals surface area contributed by atoms with Crippen LogP contribution in [0.15, 0.2) is 59.2 Å². The summed E-state index contributed by atoms with van der Waals surface area (Å²) in [5, 5.41) is 0.999. The van der Waals surface area contributed by atoms with Gasteiger partial charge in [0.1, 0.15) is 11.3 Å². The third kappa shape index (κ3) is 4.52. The second-order valence-corrected chi connectivity index (χ2v) is 8.12. The van der Waals surface area contributed by atoms with E-state index in [1.807, 2.05) is 56.9 Å². The summed E-state index contributed by atoms with van der Waals surface area (Å²) in [6.07, 6.45) is 3.56. The minimum atomic E-state index is -0.00229. The van der Waals surface area contributed by atoms with Crippen molar-refractivity contribution in [2.75, 3.05) is 19.7 Å². The number of fused-ring (bicyclic) bond motifs is 1. The molecule has 2 heterocycles. The minimum Gasteiger partial charge on any atom is -0.493 e. The maximum absolute atomic E-state index is 13.0. The number of allylic oxidation sites excluding steroid dienone is 1. The number of hydrogen-bond acceptors (Lipinski definition) is 4. The van der Waals surface area contributed by atoms with Crippen LogP contribution in [0.2, 0.25) is 0 Å². The van der Waals surface area contributed by atoms with E-state index >= 15 is 0 Å². The first-order chi connectivity index (χ1) is 15.0. The first-order valence-electron chi connectivity index (χ1n) is 10.8. The third-order valence-corrected chi connectivity index (χ3v) is 5.56. The van der Waals surface area contributed by atoms with Crippen LogP contribution in [0.3, 0.4) is 0 Å². The van der Waals surface area contributed by atoms with Crippen molar-refractivity contribution in [3.63, 3.8) is 0 Å². The summed E-state index contributed by atoms with van der Waals surface area (Å²) in [6.45, 7) is 9.64. The van der Waals surface area contributed by atoms with Gasteiger partial charge in [-0.15, -0.1) is 0 Å². The largest absolute Gasteiger partial charge is 0.493 e. The predicted octanol–water partition coefficient (Wildman–Crippen LogP) is 5.54. The molecule has 31 heavy (non-hydrogen) atoms.